The van der Waals surface area contributed by atoms with Crippen LogP contribution in [0, 0.1) is 16.5 Å². The summed E-state index contributed by atoms with van der Waals surface area (Å²) in [6.07, 6.45) is 0.626. The Hall–Kier alpha value is -3.13. The molecule has 3 heterocycles. The van der Waals surface area contributed by atoms with E-state index in [1.54, 1.807) is 6.20 Å². The van der Waals surface area contributed by atoms with Crippen LogP contribution in [0.2, 0.25) is 0 Å². The molecule has 0 amide bonds. The van der Waals surface area contributed by atoms with E-state index >= 15 is 0 Å². The maximum Gasteiger partial charge on any atom is 0.314 e. The summed E-state index contributed by atoms with van der Waals surface area (Å²) >= 11 is 0. The number of aromatic nitrogens is 5. The van der Waals surface area contributed by atoms with Gasteiger partial charge in [-0.2, -0.15) is 14.0 Å². The van der Waals surface area contributed by atoms with Crippen LogP contribution in [-0.4, -0.2) is 31.4 Å². The van der Waals surface area contributed by atoms with E-state index in [-0.39, 0.29) is 18.0 Å². The second kappa shape index (κ2) is 6.24. The van der Waals surface area contributed by atoms with E-state index < -0.39 is 28.2 Å². The summed E-state index contributed by atoms with van der Waals surface area (Å²) in [5, 5.41) is 27.9. The average Bonchev–Trinajstić information content (AvgIpc) is 3.04. The van der Waals surface area contributed by atoms with Gasteiger partial charge in [0.05, 0.1) is 12.7 Å². The van der Waals surface area contributed by atoms with Crippen molar-refractivity contribution in [3.63, 3.8) is 0 Å². The maximum atomic E-state index is 14.4. The fourth-order valence-corrected chi connectivity index (χ4v) is 4.07. The molecular weight excluding hydrogens is 381 g/mol. The Morgan fingerprint density at radius 1 is 1.30 bits per heavy atom. The summed E-state index contributed by atoms with van der Waals surface area (Å²) in [6.45, 7) is 0.122. The summed E-state index contributed by atoms with van der Waals surface area (Å²) in [6, 6.07) is 4.12. The number of hydrogen-bond donors (Lipinski definition) is 0. The number of rotatable bonds is 5. The third-order valence-corrected chi connectivity index (χ3v) is 6.06. The Morgan fingerprint density at radius 3 is 2.74 bits per heavy atom. The molecule has 2 aromatic heterocycles. The zero-order chi connectivity index (χ0) is 19.2. The van der Waals surface area contributed by atoms with Gasteiger partial charge in [-0.1, -0.05) is 11.3 Å². The highest BCUT2D eigenvalue weighted by Gasteiger charge is 2.37. The van der Waals surface area contributed by atoms with E-state index in [2.05, 4.69) is 25.9 Å². The van der Waals surface area contributed by atoms with E-state index in [1.165, 1.54) is 16.8 Å². The number of alkyl halides is 2. The van der Waals surface area contributed by atoms with Gasteiger partial charge in [0.15, 0.2) is 0 Å². The SMILES string of the molecule is CS1(C#N)C=C1c1cn(Cc2ccc(-c3nnc(C(F)F)o3)cc2F)nn1. The monoisotopic (exact) mass is 392 g/mol. The Morgan fingerprint density at radius 2 is 2.11 bits per heavy atom. The number of nitrogens with zero attached hydrogens (tertiary/aromatic N) is 6. The quantitative estimate of drug-likeness (QED) is 0.615. The third kappa shape index (κ3) is 3.19. The van der Waals surface area contributed by atoms with Crippen molar-refractivity contribution < 1.29 is 17.6 Å². The third-order valence-electron chi connectivity index (χ3n) is 3.98. The first kappa shape index (κ1) is 17.3. The van der Waals surface area contributed by atoms with Crippen LogP contribution in [-0.2, 0) is 6.54 Å². The Kier molecular flexibility index (Phi) is 4.00. The van der Waals surface area contributed by atoms with Crippen LogP contribution < -0.4 is 0 Å². The zero-order valence-electron chi connectivity index (χ0n) is 13.8. The van der Waals surface area contributed by atoms with Crippen molar-refractivity contribution in [3.05, 3.63) is 52.8 Å². The lowest BCUT2D eigenvalue weighted by molar-refractivity contribution is 0.116. The summed E-state index contributed by atoms with van der Waals surface area (Å²) < 4.78 is 45.7. The van der Waals surface area contributed by atoms with Gasteiger partial charge in [0.2, 0.25) is 5.89 Å². The van der Waals surface area contributed by atoms with Crippen molar-refractivity contribution in [2.45, 2.75) is 13.0 Å². The molecule has 0 radical (unpaired) electrons. The molecule has 138 valence electrons. The van der Waals surface area contributed by atoms with Crippen LogP contribution in [0.4, 0.5) is 13.2 Å². The molecular formula is C16H11F3N6OS. The first-order valence-corrected chi connectivity index (χ1v) is 9.72. The number of hydrogen-bond acceptors (Lipinski definition) is 6. The highest BCUT2D eigenvalue weighted by atomic mass is 32.3. The van der Waals surface area contributed by atoms with Crippen molar-refractivity contribution in [1.29, 1.82) is 5.26 Å². The minimum atomic E-state index is -2.89. The van der Waals surface area contributed by atoms with Gasteiger partial charge in [-0.05, 0) is 23.8 Å². The second-order valence-corrected chi connectivity index (χ2v) is 8.73. The van der Waals surface area contributed by atoms with E-state index in [9.17, 15) is 13.2 Å². The second-order valence-electron chi connectivity index (χ2n) is 5.91. The van der Waals surface area contributed by atoms with E-state index in [0.29, 0.717) is 11.3 Å². The number of thiocyanates is 1. The Balaban J connectivity index is 1.51. The standard InChI is InChI=1S/C16H11F3N6OS/c1-27(8-20)7-13(27)12-6-25(24-21-12)5-10-3-2-9(4-11(10)17)15-22-23-16(26-15)14(18)19/h2-4,6-7,14H,5H2,1H3. The highest BCUT2D eigenvalue weighted by molar-refractivity contribution is 8.52. The molecule has 27 heavy (non-hydrogen) atoms. The molecule has 7 nitrogen and oxygen atoms in total. The van der Waals surface area contributed by atoms with Crippen molar-refractivity contribution in [3.8, 4) is 16.9 Å². The lowest BCUT2D eigenvalue weighted by atomic mass is 10.1. The molecule has 0 aliphatic carbocycles. The summed E-state index contributed by atoms with van der Waals surface area (Å²) in [5.41, 5.74) is 1.13. The first-order chi connectivity index (χ1) is 12.9. The number of nitriles is 1. The highest BCUT2D eigenvalue weighted by Crippen LogP contribution is 2.71. The Labute approximate surface area is 152 Å². The van der Waals surface area contributed by atoms with Crippen LogP contribution >= 0.6 is 10.0 Å². The maximum absolute atomic E-state index is 14.4. The fraction of sp³-hybridized carbons (Fsp3) is 0.188. The van der Waals surface area contributed by atoms with Gasteiger partial charge in [0.1, 0.15) is 16.9 Å². The molecule has 0 saturated heterocycles. The van der Waals surface area contributed by atoms with Crippen LogP contribution in [0.1, 0.15) is 23.6 Å². The average molecular weight is 392 g/mol. The smallest absolute Gasteiger partial charge is 0.314 e. The van der Waals surface area contributed by atoms with Crippen molar-refractivity contribution in [2.75, 3.05) is 6.26 Å². The van der Waals surface area contributed by atoms with Gasteiger partial charge < -0.3 is 4.42 Å². The predicted octanol–water partition coefficient (Wildman–Crippen LogP) is 3.68. The van der Waals surface area contributed by atoms with Gasteiger partial charge >= 0.3 is 6.43 Å². The van der Waals surface area contributed by atoms with Gasteiger partial charge in [-0.25, -0.2) is 9.07 Å². The molecule has 0 saturated carbocycles. The van der Waals surface area contributed by atoms with Crippen molar-refractivity contribution in [1.82, 2.24) is 25.2 Å². The first-order valence-electron chi connectivity index (χ1n) is 7.61. The molecule has 4 rings (SSSR count). The van der Waals surface area contributed by atoms with E-state index in [0.717, 1.165) is 11.0 Å². The molecule has 3 aromatic rings. The molecule has 0 N–H and O–H groups in total. The normalized spacial score (nSPS) is 20.8. The Bertz CT molecular complexity index is 1100. The van der Waals surface area contributed by atoms with Gasteiger partial charge in [-0.3, -0.25) is 0 Å². The van der Waals surface area contributed by atoms with E-state index in [1.807, 2.05) is 11.7 Å². The zero-order valence-corrected chi connectivity index (χ0v) is 14.6. The van der Waals surface area contributed by atoms with Gasteiger partial charge in [0, 0.05) is 16.0 Å². The van der Waals surface area contributed by atoms with E-state index in [4.69, 9.17) is 9.68 Å². The molecule has 1 aromatic carbocycles. The predicted molar refractivity (Wildman–Crippen MR) is 90.9 cm³/mol. The van der Waals surface area contributed by atoms with Crippen LogP contribution in [0.25, 0.3) is 16.4 Å². The van der Waals surface area contributed by atoms with Crippen LogP contribution in [0.5, 0.6) is 0 Å². The largest absolute Gasteiger partial charge is 0.415 e. The molecule has 1 aliphatic rings. The lowest BCUT2D eigenvalue weighted by Gasteiger charge is -2.04. The molecule has 1 atom stereocenters. The van der Waals surface area contributed by atoms with Gasteiger partial charge in [0.25, 0.3) is 5.89 Å². The topological polar surface area (TPSA) is 93.4 Å². The molecule has 0 bridgehead atoms. The molecule has 0 fully saturated rings. The van der Waals surface area contributed by atoms with Crippen LogP contribution in [0.15, 0.2) is 34.2 Å². The molecule has 1 unspecified atom stereocenters. The molecule has 0 spiro atoms. The number of halogens is 3. The number of benzene rings is 1. The minimum Gasteiger partial charge on any atom is -0.415 e. The molecule has 11 heteroatoms. The summed E-state index contributed by atoms with van der Waals surface area (Å²) in [4.78, 5) is 0.873. The van der Waals surface area contributed by atoms with Crippen LogP contribution in [0.3, 0.4) is 0 Å². The lowest BCUT2D eigenvalue weighted by Crippen LogP contribution is -2.03. The van der Waals surface area contributed by atoms with Crippen molar-refractivity contribution in [2.24, 2.45) is 0 Å². The van der Waals surface area contributed by atoms with Gasteiger partial charge in [-0.15, -0.1) is 25.3 Å². The molecule has 1 aliphatic heterocycles. The fourth-order valence-electron chi connectivity index (χ4n) is 2.45. The summed E-state index contributed by atoms with van der Waals surface area (Å²) in [5.74, 6) is -1.57. The summed E-state index contributed by atoms with van der Waals surface area (Å²) in [7, 11) is -1.48. The van der Waals surface area contributed by atoms with Crippen molar-refractivity contribution >= 4 is 14.9 Å². The minimum absolute atomic E-state index is 0.122.